The SMILES string of the molecule is N=C=C(Nc1ccccc1)c1ccccc1. The van der Waals surface area contributed by atoms with Gasteiger partial charge >= 0.3 is 0 Å². The summed E-state index contributed by atoms with van der Waals surface area (Å²) in [6, 6.07) is 19.5. The smallest absolute Gasteiger partial charge is 0.108 e. The van der Waals surface area contributed by atoms with Crippen LogP contribution in [-0.4, -0.2) is 5.87 Å². The first kappa shape index (κ1) is 10.2. The normalized spacial score (nSPS) is 9.25. The highest BCUT2D eigenvalue weighted by atomic mass is 14.9. The molecule has 0 aliphatic carbocycles. The summed E-state index contributed by atoms with van der Waals surface area (Å²) in [7, 11) is 0. The molecule has 0 spiro atoms. The quantitative estimate of drug-likeness (QED) is 0.745. The first-order chi connectivity index (χ1) is 7.90. The van der Waals surface area contributed by atoms with Gasteiger partial charge in [-0.25, -0.2) is 0 Å². The van der Waals surface area contributed by atoms with Gasteiger partial charge in [0.15, 0.2) is 0 Å². The highest BCUT2D eigenvalue weighted by Crippen LogP contribution is 2.15. The monoisotopic (exact) mass is 208 g/mol. The number of rotatable bonds is 3. The fourth-order valence-electron chi connectivity index (χ4n) is 1.45. The Labute approximate surface area is 94.8 Å². The van der Waals surface area contributed by atoms with Crippen LogP contribution in [0.1, 0.15) is 5.56 Å². The lowest BCUT2D eigenvalue weighted by Gasteiger charge is -2.07. The van der Waals surface area contributed by atoms with E-state index in [2.05, 4.69) is 11.2 Å². The van der Waals surface area contributed by atoms with Gasteiger partial charge in [-0.05, 0) is 12.1 Å². The van der Waals surface area contributed by atoms with Gasteiger partial charge in [-0.2, -0.15) is 0 Å². The molecule has 0 fully saturated rings. The molecule has 0 saturated carbocycles. The highest BCUT2D eigenvalue weighted by Gasteiger charge is 2.00. The standard InChI is InChI=1S/C14H12N2/c15-11-14(12-7-3-1-4-8-12)16-13-9-5-2-6-10-13/h1-10,15-16H. The van der Waals surface area contributed by atoms with Gasteiger partial charge in [0.1, 0.15) is 5.70 Å². The van der Waals surface area contributed by atoms with E-state index in [1.54, 1.807) is 0 Å². The van der Waals surface area contributed by atoms with Crippen molar-refractivity contribution in [3.63, 3.8) is 0 Å². The van der Waals surface area contributed by atoms with Crippen LogP contribution in [0, 0.1) is 5.41 Å². The topological polar surface area (TPSA) is 35.9 Å². The van der Waals surface area contributed by atoms with E-state index in [0.29, 0.717) is 5.70 Å². The van der Waals surface area contributed by atoms with Crippen LogP contribution in [-0.2, 0) is 0 Å². The van der Waals surface area contributed by atoms with E-state index in [1.165, 1.54) is 0 Å². The Morgan fingerprint density at radius 1 is 0.875 bits per heavy atom. The van der Waals surface area contributed by atoms with Crippen molar-refractivity contribution in [3.8, 4) is 0 Å². The van der Waals surface area contributed by atoms with Gasteiger partial charge in [0, 0.05) is 17.1 Å². The minimum atomic E-state index is 0.673. The third kappa shape index (κ3) is 2.38. The molecule has 2 aromatic carbocycles. The van der Waals surface area contributed by atoms with Crippen molar-refractivity contribution in [1.29, 1.82) is 5.41 Å². The van der Waals surface area contributed by atoms with Crippen LogP contribution < -0.4 is 5.32 Å². The Kier molecular flexibility index (Phi) is 3.17. The van der Waals surface area contributed by atoms with E-state index in [0.717, 1.165) is 11.3 Å². The molecule has 0 saturated heterocycles. The second-order valence-corrected chi connectivity index (χ2v) is 3.36. The van der Waals surface area contributed by atoms with Crippen LogP contribution in [0.5, 0.6) is 0 Å². The van der Waals surface area contributed by atoms with Crippen molar-refractivity contribution in [2.24, 2.45) is 0 Å². The van der Waals surface area contributed by atoms with Crippen LogP contribution in [0.25, 0.3) is 5.70 Å². The van der Waals surface area contributed by atoms with E-state index < -0.39 is 0 Å². The van der Waals surface area contributed by atoms with Crippen molar-refractivity contribution < 1.29 is 0 Å². The van der Waals surface area contributed by atoms with Crippen LogP contribution in [0.4, 0.5) is 5.69 Å². The largest absolute Gasteiger partial charge is 0.347 e. The summed E-state index contributed by atoms with van der Waals surface area (Å²) < 4.78 is 0. The summed E-state index contributed by atoms with van der Waals surface area (Å²) in [6.07, 6.45) is 0. The fourth-order valence-corrected chi connectivity index (χ4v) is 1.45. The minimum absolute atomic E-state index is 0.673. The molecule has 2 nitrogen and oxygen atoms in total. The first-order valence-electron chi connectivity index (χ1n) is 5.07. The molecule has 16 heavy (non-hydrogen) atoms. The number of hydrogen-bond donors (Lipinski definition) is 2. The van der Waals surface area contributed by atoms with Crippen LogP contribution in [0.15, 0.2) is 60.7 Å². The van der Waals surface area contributed by atoms with Gasteiger partial charge in [0.2, 0.25) is 0 Å². The zero-order valence-corrected chi connectivity index (χ0v) is 8.77. The molecule has 2 rings (SSSR count). The van der Waals surface area contributed by atoms with Crippen molar-refractivity contribution >= 4 is 17.3 Å². The van der Waals surface area contributed by atoms with Crippen LogP contribution in [0.2, 0.25) is 0 Å². The molecule has 2 aromatic rings. The van der Waals surface area contributed by atoms with E-state index in [-0.39, 0.29) is 0 Å². The van der Waals surface area contributed by atoms with E-state index >= 15 is 0 Å². The Morgan fingerprint density at radius 3 is 2.00 bits per heavy atom. The molecule has 2 heteroatoms. The third-order valence-corrected chi connectivity index (χ3v) is 2.23. The Balaban J connectivity index is 2.24. The summed E-state index contributed by atoms with van der Waals surface area (Å²) in [6.45, 7) is 0. The lowest BCUT2D eigenvalue weighted by atomic mass is 10.1. The molecular weight excluding hydrogens is 196 g/mol. The zero-order chi connectivity index (χ0) is 11.2. The van der Waals surface area contributed by atoms with Gasteiger partial charge in [-0.3, -0.25) is 5.41 Å². The number of nitrogens with one attached hydrogen (secondary N) is 2. The highest BCUT2D eigenvalue weighted by molar-refractivity contribution is 5.94. The van der Waals surface area contributed by atoms with Crippen molar-refractivity contribution in [1.82, 2.24) is 0 Å². The van der Waals surface area contributed by atoms with Crippen LogP contribution >= 0.6 is 0 Å². The lowest BCUT2D eigenvalue weighted by Crippen LogP contribution is -1.98. The van der Waals surface area contributed by atoms with Crippen molar-refractivity contribution in [2.45, 2.75) is 0 Å². The Hall–Kier alpha value is -2.31. The zero-order valence-electron chi connectivity index (χ0n) is 8.77. The second kappa shape index (κ2) is 4.96. The van der Waals surface area contributed by atoms with Gasteiger partial charge in [-0.15, -0.1) is 0 Å². The molecule has 0 unspecified atom stereocenters. The molecule has 0 heterocycles. The van der Waals surface area contributed by atoms with Gasteiger partial charge < -0.3 is 5.32 Å². The van der Waals surface area contributed by atoms with Crippen molar-refractivity contribution in [2.75, 3.05) is 5.32 Å². The van der Waals surface area contributed by atoms with Crippen LogP contribution in [0.3, 0.4) is 0 Å². The van der Waals surface area contributed by atoms with Gasteiger partial charge in [0.25, 0.3) is 0 Å². The Bertz CT molecular complexity index is 497. The fraction of sp³-hybridized carbons (Fsp3) is 0. The first-order valence-corrected chi connectivity index (χ1v) is 5.07. The molecule has 0 aromatic heterocycles. The maximum Gasteiger partial charge on any atom is 0.108 e. The molecule has 78 valence electrons. The van der Waals surface area contributed by atoms with Gasteiger partial charge in [-0.1, -0.05) is 48.5 Å². The Morgan fingerprint density at radius 2 is 1.44 bits per heavy atom. The second-order valence-electron chi connectivity index (χ2n) is 3.36. The molecule has 0 amide bonds. The molecule has 0 atom stereocenters. The number of benzene rings is 2. The average molecular weight is 208 g/mol. The van der Waals surface area contributed by atoms with E-state index in [1.807, 2.05) is 60.7 Å². The maximum absolute atomic E-state index is 7.30. The maximum atomic E-state index is 7.30. The summed E-state index contributed by atoms with van der Waals surface area (Å²) in [5.74, 6) is 2.42. The molecule has 0 aliphatic rings. The predicted molar refractivity (Wildman–Crippen MR) is 67.6 cm³/mol. The molecule has 0 aliphatic heterocycles. The summed E-state index contributed by atoms with van der Waals surface area (Å²) in [4.78, 5) is 0. The lowest BCUT2D eigenvalue weighted by molar-refractivity contribution is 1.53. The predicted octanol–water partition coefficient (Wildman–Crippen LogP) is 3.39. The number of hydrogen-bond acceptors (Lipinski definition) is 2. The molecule has 0 radical (unpaired) electrons. The van der Waals surface area contributed by atoms with Gasteiger partial charge in [0.05, 0.1) is 0 Å². The molecule has 0 bridgehead atoms. The van der Waals surface area contributed by atoms with Crippen molar-refractivity contribution in [3.05, 3.63) is 66.2 Å². The number of anilines is 1. The summed E-state index contributed by atoms with van der Waals surface area (Å²) in [5, 5.41) is 10.5. The molecule has 2 N–H and O–H groups in total. The van der Waals surface area contributed by atoms with E-state index in [4.69, 9.17) is 5.41 Å². The number of para-hydroxylation sites is 1. The summed E-state index contributed by atoms with van der Waals surface area (Å²) >= 11 is 0. The van der Waals surface area contributed by atoms with E-state index in [9.17, 15) is 0 Å². The summed E-state index contributed by atoms with van der Waals surface area (Å²) in [5.41, 5.74) is 2.59. The molecular formula is C14H12N2. The average Bonchev–Trinajstić information content (AvgIpc) is 2.38. The third-order valence-electron chi connectivity index (χ3n) is 2.23. The minimum Gasteiger partial charge on any atom is -0.347 e.